The average Bonchev–Trinajstić information content (AvgIpc) is 3.18. The lowest BCUT2D eigenvalue weighted by Crippen LogP contribution is -2.56. The minimum Gasteiger partial charge on any atom is -0.439 e. The molecular formula is C25H32BrNO10. The lowest BCUT2D eigenvalue weighted by Gasteiger charge is -2.38. The molecule has 2 aliphatic rings. The van der Waals surface area contributed by atoms with Crippen LogP contribution >= 0.6 is 15.9 Å². The molecule has 1 aromatic rings. The molecule has 2 heterocycles. The van der Waals surface area contributed by atoms with Gasteiger partial charge >= 0.3 is 6.09 Å². The highest BCUT2D eigenvalue weighted by Gasteiger charge is 2.51. The van der Waals surface area contributed by atoms with Crippen molar-refractivity contribution in [2.24, 2.45) is 0 Å². The highest BCUT2D eigenvalue weighted by Crippen LogP contribution is 2.37. The van der Waals surface area contributed by atoms with E-state index in [1.807, 2.05) is 6.07 Å². The molecule has 1 fully saturated rings. The Labute approximate surface area is 223 Å². The second-order valence-corrected chi connectivity index (χ2v) is 9.44. The van der Waals surface area contributed by atoms with Crippen LogP contribution in [0.15, 0.2) is 40.9 Å². The van der Waals surface area contributed by atoms with Gasteiger partial charge < -0.3 is 33.9 Å². The Morgan fingerprint density at radius 1 is 1.16 bits per heavy atom. The molecule has 1 saturated heterocycles. The molecule has 0 bridgehead atoms. The Morgan fingerprint density at radius 3 is 2.49 bits per heavy atom. The molecule has 0 radical (unpaired) electrons. The largest absolute Gasteiger partial charge is 0.439 e. The quantitative estimate of drug-likeness (QED) is 0.329. The number of hydrogen-bond acceptors (Lipinski definition) is 10. The fourth-order valence-corrected chi connectivity index (χ4v) is 4.69. The second kappa shape index (κ2) is 13.6. The van der Waals surface area contributed by atoms with Gasteiger partial charge in [-0.05, 0) is 40.9 Å². The zero-order valence-corrected chi connectivity index (χ0v) is 22.3. The van der Waals surface area contributed by atoms with E-state index < -0.39 is 47.9 Å². The van der Waals surface area contributed by atoms with Crippen molar-refractivity contribution in [3.05, 3.63) is 46.5 Å². The number of carbonyl (C=O) groups is 3. The Hall–Kier alpha value is -2.19. The summed E-state index contributed by atoms with van der Waals surface area (Å²) in [7, 11) is 1.22. The highest BCUT2D eigenvalue weighted by atomic mass is 79.9. The Balaban J connectivity index is 1.65. The van der Waals surface area contributed by atoms with Gasteiger partial charge in [0.1, 0.15) is 6.10 Å². The molecule has 0 aliphatic carbocycles. The Kier molecular flexibility index (Phi) is 10.8. The topological polar surface area (TPSA) is 141 Å². The van der Waals surface area contributed by atoms with E-state index in [9.17, 15) is 19.5 Å². The molecule has 3 rings (SSSR count). The number of cyclic esters (lactones) is 1. The van der Waals surface area contributed by atoms with Crippen molar-refractivity contribution in [3.63, 3.8) is 0 Å². The molecule has 37 heavy (non-hydrogen) atoms. The van der Waals surface area contributed by atoms with E-state index >= 15 is 0 Å². The summed E-state index contributed by atoms with van der Waals surface area (Å²) in [6.45, 7) is 2.73. The fraction of sp³-hybridized carbons (Fsp3) is 0.560. The maximum absolute atomic E-state index is 13.4. The Morgan fingerprint density at radius 2 is 1.84 bits per heavy atom. The molecule has 0 unspecified atom stereocenters. The van der Waals surface area contributed by atoms with Crippen LogP contribution in [-0.4, -0.2) is 97.1 Å². The van der Waals surface area contributed by atoms with Gasteiger partial charge in [0.2, 0.25) is 0 Å². The molecule has 0 saturated carbocycles. The van der Waals surface area contributed by atoms with Gasteiger partial charge in [-0.15, -0.1) is 0 Å². The summed E-state index contributed by atoms with van der Waals surface area (Å²) < 4.78 is 27.2. The average molecular weight is 586 g/mol. The maximum Gasteiger partial charge on any atom is 0.417 e. The number of benzene rings is 1. The van der Waals surface area contributed by atoms with E-state index in [0.29, 0.717) is 19.6 Å². The maximum atomic E-state index is 13.4. The first-order valence-electron chi connectivity index (χ1n) is 11.9. The van der Waals surface area contributed by atoms with Gasteiger partial charge in [-0.3, -0.25) is 9.59 Å². The number of methoxy groups -OCH3 is 1. The fourth-order valence-electron chi connectivity index (χ4n) is 4.17. The number of ketones is 1. The van der Waals surface area contributed by atoms with Gasteiger partial charge in [0, 0.05) is 20.1 Å². The highest BCUT2D eigenvalue weighted by molar-refractivity contribution is 9.11. The smallest absolute Gasteiger partial charge is 0.417 e. The molecule has 2 amide bonds. The third-order valence-corrected chi connectivity index (χ3v) is 6.91. The van der Waals surface area contributed by atoms with Crippen molar-refractivity contribution in [1.82, 2.24) is 4.90 Å². The van der Waals surface area contributed by atoms with Gasteiger partial charge in [0.25, 0.3) is 5.91 Å². The van der Waals surface area contributed by atoms with E-state index in [1.54, 1.807) is 31.2 Å². The first kappa shape index (κ1) is 29.4. The molecule has 2 aliphatic heterocycles. The van der Waals surface area contributed by atoms with Crippen molar-refractivity contribution in [3.8, 4) is 0 Å². The number of halogens is 1. The summed E-state index contributed by atoms with van der Waals surface area (Å²) in [5, 5.41) is 19.8. The van der Waals surface area contributed by atoms with Gasteiger partial charge in [0.05, 0.1) is 37.0 Å². The van der Waals surface area contributed by atoms with Gasteiger partial charge in [-0.1, -0.05) is 30.3 Å². The standard InChI is InChI=1S/C25H32BrNO10/c1-16-20(17-7-4-3-5-8-17)36-24(31)27(16)23(30)22(33-2)21-18(29)15-19(26)25(32,37-21)9-6-11-34-13-14-35-12-10-28/h3-5,7-8,15-16,20-22,28,32H,6,9-14H2,1-2H3/t16-,20-,21+,22-,25+/m1/s1. The zero-order chi connectivity index (χ0) is 27.0. The summed E-state index contributed by atoms with van der Waals surface area (Å²) >= 11 is 3.19. The van der Waals surface area contributed by atoms with Crippen molar-refractivity contribution >= 4 is 33.7 Å². The number of carbonyl (C=O) groups excluding carboxylic acids is 3. The summed E-state index contributed by atoms with van der Waals surface area (Å²) in [5.41, 5.74) is 0.723. The first-order valence-corrected chi connectivity index (χ1v) is 12.7. The summed E-state index contributed by atoms with van der Waals surface area (Å²) in [5.74, 6) is -3.32. The second-order valence-electron chi connectivity index (χ2n) is 8.59. The summed E-state index contributed by atoms with van der Waals surface area (Å²) in [6.07, 6.45) is -2.97. The SMILES string of the molecule is CO[C@@H](C(=O)N1C(=O)O[C@@H](c2ccccc2)[C@H]1C)[C@H]1O[C@@](O)(CCCOCCOCCO)C(Br)=CC1=O. The number of ether oxygens (including phenoxy) is 5. The lowest BCUT2D eigenvalue weighted by atomic mass is 9.98. The number of nitrogens with zero attached hydrogens (tertiary/aromatic N) is 1. The molecule has 12 heteroatoms. The minimum absolute atomic E-state index is 0.0498. The van der Waals surface area contributed by atoms with Gasteiger partial charge in [-0.2, -0.15) is 0 Å². The van der Waals surface area contributed by atoms with E-state index in [2.05, 4.69) is 15.9 Å². The number of rotatable bonds is 13. The first-order chi connectivity index (χ1) is 17.7. The predicted molar refractivity (Wildman–Crippen MR) is 133 cm³/mol. The van der Waals surface area contributed by atoms with Crippen molar-refractivity contribution in [1.29, 1.82) is 0 Å². The van der Waals surface area contributed by atoms with Crippen LogP contribution in [0.2, 0.25) is 0 Å². The lowest BCUT2D eigenvalue weighted by molar-refractivity contribution is -0.227. The Bertz CT molecular complexity index is 973. The molecule has 204 valence electrons. The molecule has 5 atom stereocenters. The van der Waals surface area contributed by atoms with Gasteiger partial charge in [-0.25, -0.2) is 9.69 Å². The van der Waals surface area contributed by atoms with E-state index in [4.69, 9.17) is 28.8 Å². The van der Waals surface area contributed by atoms with Gasteiger partial charge in [0.15, 0.2) is 23.8 Å². The van der Waals surface area contributed by atoms with E-state index in [1.165, 1.54) is 7.11 Å². The van der Waals surface area contributed by atoms with Crippen LogP contribution in [0.3, 0.4) is 0 Å². The van der Waals surface area contributed by atoms with Crippen molar-refractivity contribution < 1.29 is 48.3 Å². The molecule has 0 spiro atoms. The van der Waals surface area contributed by atoms with Crippen molar-refractivity contribution in [2.45, 2.75) is 49.9 Å². The number of imide groups is 1. The van der Waals surface area contributed by atoms with Crippen LogP contribution in [0.1, 0.15) is 31.4 Å². The normalized spacial score (nSPS) is 26.7. The van der Waals surface area contributed by atoms with Crippen LogP contribution in [0.25, 0.3) is 0 Å². The molecule has 1 aromatic carbocycles. The van der Waals surface area contributed by atoms with Crippen LogP contribution in [0, 0.1) is 0 Å². The third kappa shape index (κ3) is 7.02. The van der Waals surface area contributed by atoms with Crippen LogP contribution in [0.4, 0.5) is 4.79 Å². The monoisotopic (exact) mass is 585 g/mol. The number of hydrogen-bond donors (Lipinski definition) is 2. The molecular weight excluding hydrogens is 554 g/mol. The molecule has 11 nitrogen and oxygen atoms in total. The summed E-state index contributed by atoms with van der Waals surface area (Å²) in [4.78, 5) is 39.8. The molecule has 0 aromatic heterocycles. The summed E-state index contributed by atoms with van der Waals surface area (Å²) in [6, 6.07) is 8.34. The number of aliphatic hydroxyl groups is 2. The predicted octanol–water partition coefficient (Wildman–Crippen LogP) is 1.85. The molecule has 2 N–H and O–H groups in total. The number of aliphatic hydroxyl groups excluding tert-OH is 1. The van der Waals surface area contributed by atoms with Crippen molar-refractivity contribution in [2.75, 3.05) is 40.1 Å². The zero-order valence-electron chi connectivity index (χ0n) is 20.7. The van der Waals surface area contributed by atoms with E-state index in [0.717, 1.165) is 16.5 Å². The van der Waals surface area contributed by atoms with E-state index in [-0.39, 0.29) is 30.7 Å². The van der Waals surface area contributed by atoms with Crippen LogP contribution < -0.4 is 0 Å². The van der Waals surface area contributed by atoms with Crippen LogP contribution in [0.5, 0.6) is 0 Å². The third-order valence-electron chi connectivity index (χ3n) is 6.06. The van der Waals surface area contributed by atoms with Crippen LogP contribution in [-0.2, 0) is 33.3 Å². The minimum atomic E-state index is -1.91. The number of amides is 2.